The molecule has 0 bridgehead atoms. The summed E-state index contributed by atoms with van der Waals surface area (Å²) in [7, 11) is -3.47. The minimum absolute atomic E-state index is 0.328. The van der Waals surface area contributed by atoms with Crippen molar-refractivity contribution in [2.75, 3.05) is 17.1 Å². The van der Waals surface area contributed by atoms with E-state index >= 15 is 0 Å². The van der Waals surface area contributed by atoms with E-state index in [0.29, 0.717) is 29.5 Å². The molecular weight excluding hydrogens is 447 g/mol. The Hall–Kier alpha value is -1.93. The highest BCUT2D eigenvalue weighted by Gasteiger charge is 2.20. The second-order valence-electron chi connectivity index (χ2n) is 6.60. The zero-order valence-corrected chi connectivity index (χ0v) is 18.5. The van der Waals surface area contributed by atoms with Gasteiger partial charge in [0, 0.05) is 17.4 Å². The summed E-state index contributed by atoms with van der Waals surface area (Å²) in [5.41, 5.74) is 2.39. The molecule has 1 N–H and O–H groups in total. The number of benzene rings is 2. The maximum atomic E-state index is 13.1. The third-order valence-corrected chi connectivity index (χ3v) is 6.07. The van der Waals surface area contributed by atoms with E-state index in [1.54, 1.807) is 37.3 Å². The van der Waals surface area contributed by atoms with Crippen molar-refractivity contribution in [1.82, 2.24) is 5.32 Å². The molecule has 0 saturated heterocycles. The van der Waals surface area contributed by atoms with Crippen LogP contribution in [0.2, 0.25) is 0 Å². The number of anilines is 1. The maximum Gasteiger partial charge on any atom is 0.251 e. The van der Waals surface area contributed by atoms with Gasteiger partial charge >= 0.3 is 0 Å². The number of hydrogen-bond acceptors (Lipinski definition) is 3. The molecule has 0 aliphatic carbocycles. The van der Waals surface area contributed by atoms with Crippen molar-refractivity contribution in [3.8, 4) is 0 Å². The second-order valence-corrected chi connectivity index (χ2v) is 9.07. The van der Waals surface area contributed by atoms with Crippen LogP contribution in [0, 0.1) is 5.82 Å². The molecule has 0 aliphatic rings. The monoisotopic (exact) mass is 470 g/mol. The minimum Gasteiger partial charge on any atom is -0.346 e. The molecule has 0 aromatic heterocycles. The highest BCUT2D eigenvalue weighted by molar-refractivity contribution is 9.08. The van der Waals surface area contributed by atoms with Crippen LogP contribution in [-0.4, -0.2) is 27.1 Å². The van der Waals surface area contributed by atoms with Crippen LogP contribution < -0.4 is 9.62 Å². The molecule has 5 nitrogen and oxygen atoms in total. The molecule has 152 valence electrons. The van der Waals surface area contributed by atoms with Crippen LogP contribution in [0.1, 0.15) is 47.8 Å². The van der Waals surface area contributed by atoms with Crippen molar-refractivity contribution < 1.29 is 17.6 Å². The number of carbonyl (C=O) groups excluding carboxylic acids is 1. The third-order valence-electron chi connectivity index (χ3n) is 4.23. The molecule has 0 saturated carbocycles. The summed E-state index contributed by atoms with van der Waals surface area (Å²) < 4.78 is 38.8. The zero-order chi connectivity index (χ0) is 20.9. The van der Waals surface area contributed by atoms with Crippen LogP contribution in [-0.2, 0) is 15.4 Å². The van der Waals surface area contributed by atoms with Crippen molar-refractivity contribution in [3.63, 3.8) is 0 Å². The molecular formula is C20H24BrFN2O3S. The number of amides is 1. The van der Waals surface area contributed by atoms with Crippen LogP contribution >= 0.6 is 15.9 Å². The van der Waals surface area contributed by atoms with E-state index in [1.165, 1.54) is 16.4 Å². The summed E-state index contributed by atoms with van der Waals surface area (Å²) >= 11 is 3.37. The Labute approximate surface area is 174 Å². The first-order valence-corrected chi connectivity index (χ1v) is 11.9. The molecule has 0 fully saturated rings. The van der Waals surface area contributed by atoms with Gasteiger partial charge in [0.1, 0.15) is 5.82 Å². The predicted molar refractivity (Wildman–Crippen MR) is 114 cm³/mol. The van der Waals surface area contributed by atoms with Gasteiger partial charge in [0.25, 0.3) is 5.91 Å². The van der Waals surface area contributed by atoms with Crippen LogP contribution in [0.15, 0.2) is 42.5 Å². The molecule has 8 heteroatoms. The summed E-state index contributed by atoms with van der Waals surface area (Å²) in [5, 5.41) is 3.36. The fourth-order valence-corrected chi connectivity index (χ4v) is 4.16. The number of nitrogens with zero attached hydrogens (tertiary/aromatic N) is 1. The van der Waals surface area contributed by atoms with Crippen LogP contribution in [0.3, 0.4) is 0 Å². The Kier molecular flexibility index (Phi) is 7.60. The SMILES string of the molecule is CCCN(c1cc(CBr)cc(C(=O)N[C@H](C)c2ccc(F)cc2)c1)S(C)(=O)=O. The summed E-state index contributed by atoms with van der Waals surface area (Å²) in [4.78, 5) is 12.8. The van der Waals surface area contributed by atoms with Crippen molar-refractivity contribution in [1.29, 1.82) is 0 Å². The van der Waals surface area contributed by atoms with Gasteiger partial charge in [-0.25, -0.2) is 12.8 Å². The first-order chi connectivity index (χ1) is 13.2. The Morgan fingerprint density at radius 3 is 2.39 bits per heavy atom. The van der Waals surface area contributed by atoms with Gasteiger partial charge < -0.3 is 5.32 Å². The zero-order valence-electron chi connectivity index (χ0n) is 16.1. The lowest BCUT2D eigenvalue weighted by atomic mass is 10.1. The van der Waals surface area contributed by atoms with Crippen LogP contribution in [0.25, 0.3) is 0 Å². The molecule has 2 rings (SSSR count). The van der Waals surface area contributed by atoms with E-state index in [9.17, 15) is 17.6 Å². The number of halogens is 2. The first kappa shape index (κ1) is 22.4. The predicted octanol–water partition coefficient (Wildman–Crippen LogP) is 4.39. The Balaban J connectivity index is 2.33. The fraction of sp³-hybridized carbons (Fsp3) is 0.350. The van der Waals surface area contributed by atoms with Gasteiger partial charge in [-0.3, -0.25) is 9.10 Å². The van der Waals surface area contributed by atoms with Crippen LogP contribution in [0.4, 0.5) is 10.1 Å². The van der Waals surface area contributed by atoms with Crippen molar-refractivity contribution in [2.24, 2.45) is 0 Å². The summed E-state index contributed by atoms with van der Waals surface area (Å²) in [6, 6.07) is 10.6. The van der Waals surface area contributed by atoms with Gasteiger partial charge in [0.2, 0.25) is 10.0 Å². The molecule has 0 unspecified atom stereocenters. The molecule has 1 atom stereocenters. The Morgan fingerprint density at radius 1 is 1.21 bits per heavy atom. The van der Waals surface area contributed by atoms with Gasteiger partial charge in [0.15, 0.2) is 0 Å². The lowest BCUT2D eigenvalue weighted by Crippen LogP contribution is -2.31. The molecule has 28 heavy (non-hydrogen) atoms. The van der Waals surface area contributed by atoms with E-state index in [1.807, 2.05) is 6.92 Å². The van der Waals surface area contributed by atoms with Gasteiger partial charge in [0.05, 0.1) is 18.0 Å². The number of carbonyl (C=O) groups is 1. The van der Waals surface area contributed by atoms with E-state index in [4.69, 9.17) is 0 Å². The summed E-state index contributed by atoms with van der Waals surface area (Å²) in [5.74, 6) is -0.667. The highest BCUT2D eigenvalue weighted by atomic mass is 79.9. The van der Waals surface area contributed by atoms with E-state index in [2.05, 4.69) is 21.2 Å². The normalized spacial score (nSPS) is 12.5. The molecule has 0 aliphatic heterocycles. The third kappa shape index (κ3) is 5.78. The fourth-order valence-electron chi connectivity index (χ4n) is 2.83. The number of nitrogens with one attached hydrogen (secondary N) is 1. The summed E-state index contributed by atoms with van der Waals surface area (Å²) in [6.45, 7) is 4.03. The average molecular weight is 471 g/mol. The standard InChI is InChI=1S/C20H24BrFN2O3S/c1-4-9-24(28(3,26)27)19-11-15(13-21)10-17(12-19)20(25)23-14(2)16-5-7-18(22)8-6-16/h5-8,10-12,14H,4,9,13H2,1-3H3,(H,23,25)/t14-/m1/s1. The molecule has 0 heterocycles. The number of sulfonamides is 1. The quantitative estimate of drug-likeness (QED) is 0.581. The highest BCUT2D eigenvalue weighted by Crippen LogP contribution is 2.24. The summed E-state index contributed by atoms with van der Waals surface area (Å²) in [6.07, 6.45) is 1.80. The van der Waals surface area contributed by atoms with E-state index in [-0.39, 0.29) is 17.8 Å². The largest absolute Gasteiger partial charge is 0.346 e. The van der Waals surface area contributed by atoms with Gasteiger partial charge in [-0.05, 0) is 54.8 Å². The smallest absolute Gasteiger partial charge is 0.251 e. The molecule has 1 amide bonds. The Bertz CT molecular complexity index is 933. The van der Waals surface area contributed by atoms with Gasteiger partial charge in [-0.15, -0.1) is 0 Å². The van der Waals surface area contributed by atoms with Crippen LogP contribution in [0.5, 0.6) is 0 Å². The Morgan fingerprint density at radius 2 is 1.86 bits per heavy atom. The van der Waals surface area contributed by atoms with Gasteiger partial charge in [-0.1, -0.05) is 35.0 Å². The lowest BCUT2D eigenvalue weighted by molar-refractivity contribution is 0.0940. The average Bonchev–Trinajstić information content (AvgIpc) is 2.65. The van der Waals surface area contributed by atoms with E-state index < -0.39 is 10.0 Å². The molecule has 0 radical (unpaired) electrons. The number of rotatable bonds is 8. The first-order valence-electron chi connectivity index (χ1n) is 8.89. The van der Waals surface area contributed by atoms with Crippen molar-refractivity contribution >= 4 is 37.5 Å². The number of hydrogen-bond donors (Lipinski definition) is 1. The molecule has 2 aromatic carbocycles. The minimum atomic E-state index is -3.47. The van der Waals surface area contributed by atoms with Gasteiger partial charge in [-0.2, -0.15) is 0 Å². The van der Waals surface area contributed by atoms with E-state index in [0.717, 1.165) is 17.4 Å². The molecule has 0 spiro atoms. The molecule has 2 aromatic rings. The maximum absolute atomic E-state index is 13.1. The van der Waals surface area contributed by atoms with Crippen molar-refractivity contribution in [2.45, 2.75) is 31.6 Å². The van der Waals surface area contributed by atoms with Crippen molar-refractivity contribution in [3.05, 3.63) is 65.0 Å². The lowest BCUT2D eigenvalue weighted by Gasteiger charge is -2.23. The topological polar surface area (TPSA) is 66.5 Å². The second kappa shape index (κ2) is 9.52. The number of alkyl halides is 1.